The van der Waals surface area contributed by atoms with Crippen LogP contribution in [0.4, 0.5) is 0 Å². The van der Waals surface area contributed by atoms with Crippen LogP contribution in [0, 0.1) is 17.8 Å². The maximum absolute atomic E-state index is 12.2. The van der Waals surface area contributed by atoms with E-state index >= 15 is 0 Å². The van der Waals surface area contributed by atoms with E-state index in [4.69, 9.17) is 0 Å². The molecule has 2 aliphatic rings. The molecule has 0 radical (unpaired) electrons. The molecule has 1 heterocycles. The minimum Gasteiger partial charge on any atom is -0.396 e. The van der Waals surface area contributed by atoms with Gasteiger partial charge in [-0.2, -0.15) is 0 Å². The van der Waals surface area contributed by atoms with Crippen LogP contribution in [-0.2, 0) is 9.59 Å². The van der Waals surface area contributed by atoms with Gasteiger partial charge in [0.2, 0.25) is 11.8 Å². The van der Waals surface area contributed by atoms with Crippen molar-refractivity contribution in [2.75, 3.05) is 26.7 Å². The lowest BCUT2D eigenvalue weighted by Gasteiger charge is -2.20. The number of carbonyl (C=O) groups is 2. The zero-order valence-corrected chi connectivity index (χ0v) is 10.6. The normalized spacial score (nSPS) is 27.8. The Morgan fingerprint density at radius 2 is 2.00 bits per heavy atom. The van der Waals surface area contributed by atoms with Crippen LogP contribution < -0.4 is 5.32 Å². The Balaban J connectivity index is 1.99. The lowest BCUT2D eigenvalue weighted by molar-refractivity contribution is -0.134. The predicted octanol–water partition coefficient (Wildman–Crippen LogP) is -0.234. The summed E-state index contributed by atoms with van der Waals surface area (Å²) in [5.74, 6) is -0.354. The molecule has 0 saturated carbocycles. The van der Waals surface area contributed by atoms with Crippen LogP contribution >= 0.6 is 0 Å². The Hall–Kier alpha value is -1.36. The van der Waals surface area contributed by atoms with Crippen LogP contribution in [0.3, 0.4) is 0 Å². The molecule has 0 unspecified atom stereocenters. The molecular formula is C13H20N2O3. The molecular weight excluding hydrogens is 232 g/mol. The molecule has 0 aromatic heterocycles. The van der Waals surface area contributed by atoms with E-state index in [1.165, 1.54) is 0 Å². The van der Waals surface area contributed by atoms with Crippen molar-refractivity contribution in [1.29, 1.82) is 0 Å². The monoisotopic (exact) mass is 252 g/mol. The van der Waals surface area contributed by atoms with Gasteiger partial charge < -0.3 is 15.3 Å². The van der Waals surface area contributed by atoms with E-state index in [-0.39, 0.29) is 36.2 Å². The van der Waals surface area contributed by atoms with Crippen molar-refractivity contribution in [3.8, 4) is 0 Å². The number of likely N-dealkylation sites (tertiary alicyclic amines) is 1. The average Bonchev–Trinajstić information content (AvgIpc) is 3.05. The van der Waals surface area contributed by atoms with Crippen LogP contribution in [0.5, 0.6) is 0 Å². The number of carbonyl (C=O) groups excluding carboxylic acids is 2. The van der Waals surface area contributed by atoms with Crippen LogP contribution in [0.25, 0.3) is 0 Å². The molecule has 2 amide bonds. The van der Waals surface area contributed by atoms with Crippen molar-refractivity contribution in [3.05, 3.63) is 12.2 Å². The third kappa shape index (κ3) is 2.41. The lowest BCUT2D eigenvalue weighted by atomic mass is 9.96. The Morgan fingerprint density at radius 3 is 2.56 bits per heavy atom. The molecule has 0 spiro atoms. The summed E-state index contributed by atoms with van der Waals surface area (Å²) in [7, 11) is 1.59. The summed E-state index contributed by atoms with van der Waals surface area (Å²) < 4.78 is 0. The quantitative estimate of drug-likeness (QED) is 0.681. The highest BCUT2D eigenvalue weighted by atomic mass is 16.3. The average molecular weight is 252 g/mol. The third-order valence-corrected chi connectivity index (χ3v) is 3.93. The number of amides is 2. The molecule has 5 heteroatoms. The number of aliphatic hydroxyl groups is 1. The largest absolute Gasteiger partial charge is 0.396 e. The molecule has 100 valence electrons. The standard InChI is InChI=1S/C13H20N2O3/c1-14-12(17)11-7-15(6-10(11)8-16)13(18)9-4-2-3-5-9/h2-3,9-11,16H,4-8H2,1H3,(H,14,17)/t10-,11+/m0/s1. The van der Waals surface area contributed by atoms with Gasteiger partial charge in [0.25, 0.3) is 0 Å². The van der Waals surface area contributed by atoms with Gasteiger partial charge in [-0.1, -0.05) is 12.2 Å². The fraction of sp³-hybridized carbons (Fsp3) is 0.692. The van der Waals surface area contributed by atoms with Gasteiger partial charge in [-0.3, -0.25) is 9.59 Å². The number of nitrogens with one attached hydrogen (secondary N) is 1. The molecule has 5 nitrogen and oxygen atoms in total. The molecule has 2 N–H and O–H groups in total. The molecule has 1 aliphatic heterocycles. The molecule has 1 aliphatic carbocycles. The maximum atomic E-state index is 12.2. The van der Waals surface area contributed by atoms with Gasteiger partial charge >= 0.3 is 0 Å². The molecule has 1 fully saturated rings. The van der Waals surface area contributed by atoms with Gasteiger partial charge in [0.05, 0.1) is 5.92 Å². The highest BCUT2D eigenvalue weighted by molar-refractivity contribution is 5.83. The van der Waals surface area contributed by atoms with Crippen molar-refractivity contribution in [2.24, 2.45) is 17.8 Å². The van der Waals surface area contributed by atoms with E-state index in [1.54, 1.807) is 11.9 Å². The Kier molecular flexibility index (Phi) is 4.01. The van der Waals surface area contributed by atoms with Gasteiger partial charge in [0.15, 0.2) is 0 Å². The van der Waals surface area contributed by atoms with Crippen LogP contribution in [0.2, 0.25) is 0 Å². The zero-order valence-electron chi connectivity index (χ0n) is 10.6. The van der Waals surface area contributed by atoms with Gasteiger partial charge in [0, 0.05) is 38.6 Å². The van der Waals surface area contributed by atoms with Gasteiger partial charge in [-0.15, -0.1) is 0 Å². The Labute approximate surface area is 107 Å². The first-order chi connectivity index (χ1) is 8.67. The summed E-state index contributed by atoms with van der Waals surface area (Å²) in [5.41, 5.74) is 0. The molecule has 1 saturated heterocycles. The number of hydrogen-bond acceptors (Lipinski definition) is 3. The third-order valence-electron chi connectivity index (χ3n) is 3.93. The summed E-state index contributed by atoms with van der Waals surface area (Å²) in [6.07, 6.45) is 5.64. The van der Waals surface area contributed by atoms with Crippen LogP contribution in [0.15, 0.2) is 12.2 Å². The highest BCUT2D eigenvalue weighted by Crippen LogP contribution is 2.28. The molecule has 0 aromatic carbocycles. The predicted molar refractivity (Wildman–Crippen MR) is 66.6 cm³/mol. The smallest absolute Gasteiger partial charge is 0.226 e. The van der Waals surface area contributed by atoms with E-state index in [0.717, 1.165) is 12.8 Å². The first-order valence-electron chi connectivity index (χ1n) is 6.43. The van der Waals surface area contributed by atoms with Gasteiger partial charge in [0.1, 0.15) is 0 Å². The fourth-order valence-electron chi connectivity index (χ4n) is 2.80. The minimum absolute atomic E-state index is 0.0350. The summed E-state index contributed by atoms with van der Waals surface area (Å²) in [6.45, 7) is 0.870. The summed E-state index contributed by atoms with van der Waals surface area (Å²) in [4.78, 5) is 25.7. The molecule has 2 atom stereocenters. The van der Waals surface area contributed by atoms with Gasteiger partial charge in [-0.05, 0) is 12.8 Å². The first kappa shape index (κ1) is 13.1. The SMILES string of the molecule is CNC(=O)[C@@H]1CN(C(=O)C2CC=CC2)C[C@H]1CO. The summed E-state index contributed by atoms with van der Waals surface area (Å²) in [5, 5.41) is 11.9. The van der Waals surface area contributed by atoms with Crippen molar-refractivity contribution in [1.82, 2.24) is 10.2 Å². The Bertz CT molecular complexity index is 359. The lowest BCUT2D eigenvalue weighted by Crippen LogP contribution is -2.36. The van der Waals surface area contributed by atoms with Crippen molar-refractivity contribution < 1.29 is 14.7 Å². The molecule has 2 rings (SSSR count). The van der Waals surface area contributed by atoms with Crippen LogP contribution in [0.1, 0.15) is 12.8 Å². The van der Waals surface area contributed by atoms with Crippen molar-refractivity contribution in [3.63, 3.8) is 0 Å². The van der Waals surface area contributed by atoms with E-state index in [0.29, 0.717) is 13.1 Å². The number of rotatable bonds is 3. The minimum atomic E-state index is -0.279. The Morgan fingerprint density at radius 1 is 1.33 bits per heavy atom. The van der Waals surface area contributed by atoms with Gasteiger partial charge in [-0.25, -0.2) is 0 Å². The van der Waals surface area contributed by atoms with E-state index in [2.05, 4.69) is 5.32 Å². The highest BCUT2D eigenvalue weighted by Gasteiger charge is 2.40. The number of allylic oxidation sites excluding steroid dienone is 2. The number of nitrogens with zero attached hydrogens (tertiary/aromatic N) is 1. The number of aliphatic hydroxyl groups excluding tert-OH is 1. The van der Waals surface area contributed by atoms with Crippen LogP contribution in [-0.4, -0.2) is 48.6 Å². The van der Waals surface area contributed by atoms with E-state index in [1.807, 2.05) is 12.2 Å². The molecule has 0 aromatic rings. The van der Waals surface area contributed by atoms with E-state index < -0.39 is 0 Å². The summed E-state index contributed by atoms with van der Waals surface area (Å²) >= 11 is 0. The topological polar surface area (TPSA) is 69.6 Å². The maximum Gasteiger partial charge on any atom is 0.226 e. The summed E-state index contributed by atoms with van der Waals surface area (Å²) in [6, 6.07) is 0. The fourth-order valence-corrected chi connectivity index (χ4v) is 2.80. The second-order valence-corrected chi connectivity index (χ2v) is 5.05. The second kappa shape index (κ2) is 5.52. The van der Waals surface area contributed by atoms with Crippen molar-refractivity contribution in [2.45, 2.75) is 12.8 Å². The molecule has 0 bridgehead atoms. The zero-order chi connectivity index (χ0) is 13.1. The van der Waals surface area contributed by atoms with E-state index in [9.17, 15) is 14.7 Å². The van der Waals surface area contributed by atoms with Crippen molar-refractivity contribution >= 4 is 11.8 Å². The number of hydrogen-bond donors (Lipinski definition) is 2. The molecule has 18 heavy (non-hydrogen) atoms. The second-order valence-electron chi connectivity index (χ2n) is 5.05. The first-order valence-corrected chi connectivity index (χ1v) is 6.43.